The topological polar surface area (TPSA) is 72.8 Å². The first-order valence-electron chi connectivity index (χ1n) is 9.73. The van der Waals surface area contributed by atoms with E-state index >= 15 is 0 Å². The highest BCUT2D eigenvalue weighted by Crippen LogP contribution is 2.50. The Morgan fingerprint density at radius 3 is 2.41 bits per heavy atom. The Morgan fingerprint density at radius 1 is 1.22 bits per heavy atom. The molecule has 0 spiro atoms. The Hall–Kier alpha value is -1.49. The van der Waals surface area contributed by atoms with Crippen LogP contribution in [0.15, 0.2) is 22.8 Å². The lowest BCUT2D eigenvalue weighted by Gasteiger charge is -2.43. The average molecular weight is 401 g/mol. The molecule has 27 heavy (non-hydrogen) atoms. The number of aliphatic carboxylic acids is 1. The van der Waals surface area contributed by atoms with E-state index in [0.29, 0.717) is 23.8 Å². The number of rotatable bonds is 10. The molecule has 0 saturated heterocycles. The Balaban J connectivity index is 3.28. The third-order valence-corrected chi connectivity index (χ3v) is 5.23. The number of carbonyl (C=O) groups is 2. The molecule has 0 aromatic rings. The van der Waals surface area contributed by atoms with Gasteiger partial charge >= 0.3 is 12.1 Å². The van der Waals surface area contributed by atoms with Crippen LogP contribution in [-0.2, 0) is 14.3 Å². The number of carboxylic acid groups (broad SMARTS) is 1. The number of allylic oxidation sites excluding steroid dienone is 2. The van der Waals surface area contributed by atoms with Crippen molar-refractivity contribution in [3.63, 3.8) is 0 Å². The minimum atomic E-state index is -0.940. The molecule has 1 N–H and O–H groups in total. The SMILES string of the molecule is CCOC(=O)OCC1(CC(C)C)C(CCCC(C)C)=C(Cl)C=CC1C(=O)O. The highest BCUT2D eigenvalue weighted by Gasteiger charge is 2.48. The van der Waals surface area contributed by atoms with Gasteiger partial charge in [-0.15, -0.1) is 0 Å². The van der Waals surface area contributed by atoms with Gasteiger partial charge in [-0.05, 0) is 49.7 Å². The van der Waals surface area contributed by atoms with Crippen molar-refractivity contribution in [3.05, 3.63) is 22.8 Å². The first-order valence-corrected chi connectivity index (χ1v) is 10.1. The van der Waals surface area contributed by atoms with E-state index in [-0.39, 0.29) is 19.1 Å². The number of hydrogen-bond donors (Lipinski definition) is 1. The van der Waals surface area contributed by atoms with E-state index in [1.807, 2.05) is 13.8 Å². The Bertz CT molecular complexity index is 579. The van der Waals surface area contributed by atoms with Crippen LogP contribution >= 0.6 is 11.6 Å². The summed E-state index contributed by atoms with van der Waals surface area (Å²) >= 11 is 6.54. The number of ether oxygens (including phenoxy) is 2. The van der Waals surface area contributed by atoms with E-state index in [1.54, 1.807) is 19.1 Å². The molecule has 5 nitrogen and oxygen atoms in total. The van der Waals surface area contributed by atoms with Crippen molar-refractivity contribution in [1.29, 1.82) is 0 Å². The van der Waals surface area contributed by atoms with Crippen LogP contribution in [0.5, 0.6) is 0 Å². The van der Waals surface area contributed by atoms with Crippen LogP contribution in [-0.4, -0.2) is 30.4 Å². The summed E-state index contributed by atoms with van der Waals surface area (Å²) in [4.78, 5) is 23.9. The van der Waals surface area contributed by atoms with Gasteiger partial charge in [0, 0.05) is 10.4 Å². The first kappa shape index (κ1) is 23.5. The third kappa shape index (κ3) is 6.56. The predicted molar refractivity (Wildman–Crippen MR) is 107 cm³/mol. The summed E-state index contributed by atoms with van der Waals surface area (Å²) in [7, 11) is 0. The molecule has 0 aliphatic heterocycles. The number of carboxylic acids is 1. The molecule has 0 amide bonds. The zero-order valence-corrected chi connectivity index (χ0v) is 17.8. The second kappa shape index (κ2) is 10.7. The molecule has 154 valence electrons. The van der Waals surface area contributed by atoms with Crippen LogP contribution < -0.4 is 0 Å². The van der Waals surface area contributed by atoms with E-state index < -0.39 is 23.5 Å². The Morgan fingerprint density at radius 2 is 1.89 bits per heavy atom. The first-order chi connectivity index (χ1) is 12.6. The van der Waals surface area contributed by atoms with E-state index in [2.05, 4.69) is 13.8 Å². The standard InChI is InChI=1S/C21H33ClO5/c1-6-26-20(25)27-13-21(12-15(4)5)16(9-7-8-14(2)3)18(22)11-10-17(21)19(23)24/h10-11,14-15,17H,6-9,12-13H2,1-5H3,(H,23,24). The van der Waals surface area contributed by atoms with Crippen LogP contribution in [0.25, 0.3) is 0 Å². The Kier molecular flexibility index (Phi) is 9.37. The molecule has 2 unspecified atom stereocenters. The maximum Gasteiger partial charge on any atom is 0.508 e. The summed E-state index contributed by atoms with van der Waals surface area (Å²) in [6.07, 6.45) is 5.68. The smallest absolute Gasteiger partial charge is 0.481 e. The van der Waals surface area contributed by atoms with Gasteiger partial charge in [-0.1, -0.05) is 51.8 Å². The summed E-state index contributed by atoms with van der Waals surface area (Å²) in [5.74, 6) is -0.987. The number of carbonyl (C=O) groups excluding carboxylic acids is 1. The lowest BCUT2D eigenvalue weighted by atomic mass is 9.62. The minimum Gasteiger partial charge on any atom is -0.481 e. The van der Waals surface area contributed by atoms with Crippen LogP contribution in [0.4, 0.5) is 4.79 Å². The van der Waals surface area contributed by atoms with Crippen molar-refractivity contribution >= 4 is 23.7 Å². The van der Waals surface area contributed by atoms with Gasteiger partial charge < -0.3 is 14.6 Å². The van der Waals surface area contributed by atoms with Gasteiger partial charge in [0.05, 0.1) is 12.5 Å². The fourth-order valence-corrected chi connectivity index (χ4v) is 4.18. The molecule has 1 aliphatic rings. The molecule has 2 atom stereocenters. The quantitative estimate of drug-likeness (QED) is 0.470. The molecule has 0 bridgehead atoms. The van der Waals surface area contributed by atoms with E-state index in [0.717, 1.165) is 18.4 Å². The van der Waals surface area contributed by atoms with Crippen LogP contribution in [0.3, 0.4) is 0 Å². The van der Waals surface area contributed by atoms with Crippen molar-refractivity contribution in [3.8, 4) is 0 Å². The van der Waals surface area contributed by atoms with Crippen molar-refractivity contribution in [2.24, 2.45) is 23.2 Å². The largest absolute Gasteiger partial charge is 0.508 e. The molecule has 1 aliphatic carbocycles. The van der Waals surface area contributed by atoms with E-state index in [1.165, 1.54) is 0 Å². The number of halogens is 1. The van der Waals surface area contributed by atoms with E-state index in [4.69, 9.17) is 21.1 Å². The van der Waals surface area contributed by atoms with Gasteiger partial charge in [0.25, 0.3) is 0 Å². The average Bonchev–Trinajstić information content (AvgIpc) is 2.55. The monoisotopic (exact) mass is 400 g/mol. The molecule has 0 heterocycles. The minimum absolute atomic E-state index is 0.0570. The highest BCUT2D eigenvalue weighted by atomic mass is 35.5. The van der Waals surface area contributed by atoms with Gasteiger partial charge in [0.1, 0.15) is 6.61 Å². The molecule has 0 fully saturated rings. The maximum atomic E-state index is 12.1. The summed E-state index contributed by atoms with van der Waals surface area (Å²) in [5.41, 5.74) is 0.00738. The van der Waals surface area contributed by atoms with Crippen molar-refractivity contribution < 1.29 is 24.2 Å². The van der Waals surface area contributed by atoms with Gasteiger partial charge in [-0.3, -0.25) is 4.79 Å². The van der Waals surface area contributed by atoms with E-state index in [9.17, 15) is 14.7 Å². The lowest BCUT2D eigenvalue weighted by Crippen LogP contribution is -2.44. The fraction of sp³-hybridized carbons (Fsp3) is 0.714. The Labute approximate surface area is 167 Å². The second-order valence-electron chi connectivity index (χ2n) is 8.01. The zero-order valence-electron chi connectivity index (χ0n) is 17.1. The van der Waals surface area contributed by atoms with Crippen molar-refractivity contribution in [2.75, 3.05) is 13.2 Å². The normalized spacial score (nSPS) is 22.4. The van der Waals surface area contributed by atoms with Gasteiger partial charge in [-0.2, -0.15) is 0 Å². The van der Waals surface area contributed by atoms with Crippen LogP contribution in [0.1, 0.15) is 60.3 Å². The molecule has 0 saturated carbocycles. The lowest BCUT2D eigenvalue weighted by molar-refractivity contribution is -0.145. The second-order valence-corrected chi connectivity index (χ2v) is 8.42. The molecule has 6 heteroatoms. The van der Waals surface area contributed by atoms with Gasteiger partial charge in [0.2, 0.25) is 0 Å². The van der Waals surface area contributed by atoms with Crippen LogP contribution in [0, 0.1) is 23.2 Å². The number of hydrogen-bond acceptors (Lipinski definition) is 4. The van der Waals surface area contributed by atoms with Crippen molar-refractivity contribution in [2.45, 2.75) is 60.3 Å². The molecular formula is C21H33ClO5. The zero-order chi connectivity index (χ0) is 20.6. The fourth-order valence-electron chi connectivity index (χ4n) is 3.83. The summed E-state index contributed by atoms with van der Waals surface area (Å²) in [6, 6.07) is 0. The molecular weight excluding hydrogens is 368 g/mol. The van der Waals surface area contributed by atoms with Crippen LogP contribution in [0.2, 0.25) is 0 Å². The van der Waals surface area contributed by atoms with Gasteiger partial charge in [-0.25, -0.2) is 4.79 Å². The maximum absolute atomic E-state index is 12.1. The molecule has 1 rings (SSSR count). The summed E-state index contributed by atoms with van der Waals surface area (Å²) in [6.45, 7) is 10.2. The highest BCUT2D eigenvalue weighted by molar-refractivity contribution is 6.31. The molecule has 0 aromatic heterocycles. The third-order valence-electron chi connectivity index (χ3n) is 4.88. The summed E-state index contributed by atoms with van der Waals surface area (Å²) < 4.78 is 10.2. The van der Waals surface area contributed by atoms with Crippen molar-refractivity contribution in [1.82, 2.24) is 0 Å². The molecule has 0 radical (unpaired) electrons. The summed E-state index contributed by atoms with van der Waals surface area (Å²) in [5, 5.41) is 10.4. The van der Waals surface area contributed by atoms with Gasteiger partial charge in [0.15, 0.2) is 0 Å². The predicted octanol–water partition coefficient (Wildman–Crippen LogP) is 5.78. The molecule has 0 aromatic carbocycles.